The van der Waals surface area contributed by atoms with Crippen LogP contribution < -0.4 is 14.8 Å². The van der Waals surface area contributed by atoms with Crippen LogP contribution in [-0.4, -0.2) is 27.0 Å². The smallest absolute Gasteiger partial charge is 0.261 e. The van der Waals surface area contributed by atoms with Crippen molar-refractivity contribution in [2.45, 2.75) is 58.0 Å². The minimum absolute atomic E-state index is 0.127. The Kier molecular flexibility index (Phi) is 8.72. The molecule has 0 aromatic heterocycles. The number of unbranched alkanes of at least 4 members (excludes halogenated alkanes) is 1. The number of hydrogen-bond acceptors (Lipinski definition) is 4. The molecule has 30 heavy (non-hydrogen) atoms. The Hall–Kier alpha value is -2.54. The van der Waals surface area contributed by atoms with Crippen LogP contribution in [-0.2, 0) is 21.2 Å². The molecule has 0 saturated heterocycles. The van der Waals surface area contributed by atoms with E-state index in [9.17, 15) is 13.2 Å². The number of sulfonamides is 1. The van der Waals surface area contributed by atoms with Gasteiger partial charge in [0.05, 0.1) is 4.90 Å². The monoisotopic (exact) mass is 432 g/mol. The summed E-state index contributed by atoms with van der Waals surface area (Å²) in [7, 11) is -3.71. The first-order chi connectivity index (χ1) is 14.2. The third-order valence-electron chi connectivity index (χ3n) is 4.53. The molecule has 0 bridgehead atoms. The molecule has 2 N–H and O–H groups in total. The van der Waals surface area contributed by atoms with Gasteiger partial charge < -0.3 is 10.1 Å². The van der Waals surface area contributed by atoms with E-state index in [4.69, 9.17) is 4.74 Å². The first kappa shape index (κ1) is 23.7. The van der Waals surface area contributed by atoms with E-state index < -0.39 is 16.1 Å². The van der Waals surface area contributed by atoms with Crippen LogP contribution in [0.5, 0.6) is 5.75 Å². The van der Waals surface area contributed by atoms with Crippen LogP contribution in [0, 0.1) is 5.92 Å². The van der Waals surface area contributed by atoms with Gasteiger partial charge in [0.1, 0.15) is 5.75 Å². The number of amides is 1. The average Bonchev–Trinajstić information content (AvgIpc) is 2.71. The second-order valence-corrected chi connectivity index (χ2v) is 9.46. The number of benzene rings is 2. The zero-order chi connectivity index (χ0) is 22.1. The molecule has 1 atom stereocenters. The van der Waals surface area contributed by atoms with Gasteiger partial charge in [0.2, 0.25) is 0 Å². The van der Waals surface area contributed by atoms with E-state index in [0.717, 1.165) is 19.3 Å². The molecular weight excluding hydrogens is 400 g/mol. The number of nitrogens with one attached hydrogen (secondary N) is 2. The summed E-state index contributed by atoms with van der Waals surface area (Å²) in [5.41, 5.74) is 1.71. The maximum absolute atomic E-state index is 12.6. The molecule has 0 fully saturated rings. The summed E-state index contributed by atoms with van der Waals surface area (Å²) < 4.78 is 33.5. The summed E-state index contributed by atoms with van der Waals surface area (Å²) in [5.74, 6) is 0.580. The Labute approximate surface area is 180 Å². The second-order valence-electron chi connectivity index (χ2n) is 7.78. The van der Waals surface area contributed by atoms with Crippen LogP contribution in [0.15, 0.2) is 53.4 Å². The molecule has 7 heteroatoms. The van der Waals surface area contributed by atoms with Gasteiger partial charge in [0.15, 0.2) is 6.10 Å². The topological polar surface area (TPSA) is 84.5 Å². The lowest BCUT2D eigenvalue weighted by atomic mass is 10.1. The molecule has 0 saturated carbocycles. The van der Waals surface area contributed by atoms with Crippen molar-refractivity contribution >= 4 is 21.6 Å². The van der Waals surface area contributed by atoms with Crippen molar-refractivity contribution in [2.75, 3.05) is 11.3 Å². The fourth-order valence-electron chi connectivity index (χ4n) is 2.74. The second kappa shape index (κ2) is 11.0. The van der Waals surface area contributed by atoms with E-state index in [1.165, 1.54) is 17.7 Å². The number of carbonyl (C=O) groups is 1. The SMILES string of the molecule is CCCCc1ccc(NS(=O)(=O)c2ccc(O[C@H](C)C(=O)NCC(C)C)cc2)cc1. The lowest BCUT2D eigenvalue weighted by Gasteiger charge is -2.16. The van der Waals surface area contributed by atoms with Gasteiger partial charge in [0, 0.05) is 12.2 Å². The van der Waals surface area contributed by atoms with E-state index >= 15 is 0 Å². The lowest BCUT2D eigenvalue weighted by Crippen LogP contribution is -2.38. The Balaban J connectivity index is 1.98. The third-order valence-corrected chi connectivity index (χ3v) is 5.92. The Morgan fingerprint density at radius 2 is 1.63 bits per heavy atom. The number of rotatable bonds is 11. The van der Waals surface area contributed by atoms with E-state index in [1.54, 1.807) is 31.2 Å². The average molecular weight is 433 g/mol. The molecule has 0 aliphatic rings. The van der Waals surface area contributed by atoms with Crippen LogP contribution in [0.1, 0.15) is 46.1 Å². The summed E-state index contributed by atoms with van der Waals surface area (Å²) in [4.78, 5) is 12.1. The normalized spacial score (nSPS) is 12.4. The van der Waals surface area contributed by atoms with Gasteiger partial charge in [-0.25, -0.2) is 8.42 Å². The van der Waals surface area contributed by atoms with E-state index in [2.05, 4.69) is 17.0 Å². The maximum atomic E-state index is 12.6. The summed E-state index contributed by atoms with van der Waals surface area (Å²) in [6.45, 7) is 8.40. The molecule has 0 unspecified atom stereocenters. The maximum Gasteiger partial charge on any atom is 0.261 e. The molecule has 0 heterocycles. The minimum Gasteiger partial charge on any atom is -0.481 e. The third kappa shape index (κ3) is 7.37. The van der Waals surface area contributed by atoms with Gasteiger partial charge >= 0.3 is 0 Å². The van der Waals surface area contributed by atoms with Crippen molar-refractivity contribution in [3.8, 4) is 5.75 Å². The molecule has 0 spiro atoms. The van der Waals surface area contributed by atoms with E-state index in [1.807, 2.05) is 26.0 Å². The highest BCUT2D eigenvalue weighted by Gasteiger charge is 2.17. The Morgan fingerprint density at radius 1 is 1.00 bits per heavy atom. The zero-order valence-electron chi connectivity index (χ0n) is 18.1. The summed E-state index contributed by atoms with van der Waals surface area (Å²) >= 11 is 0. The number of anilines is 1. The highest BCUT2D eigenvalue weighted by Crippen LogP contribution is 2.21. The van der Waals surface area contributed by atoms with Crippen molar-refractivity contribution in [3.05, 3.63) is 54.1 Å². The van der Waals surface area contributed by atoms with Crippen LogP contribution in [0.25, 0.3) is 0 Å². The van der Waals surface area contributed by atoms with Gasteiger partial charge in [0.25, 0.3) is 15.9 Å². The zero-order valence-corrected chi connectivity index (χ0v) is 19.0. The standard InChI is InChI=1S/C23H32N2O4S/c1-5-6-7-19-8-10-20(11-9-19)25-30(27,28)22-14-12-21(13-15-22)29-18(4)23(26)24-16-17(2)3/h8-15,17-18,25H,5-7,16H2,1-4H3,(H,24,26)/t18-/m1/s1. The van der Waals surface area contributed by atoms with Crippen molar-refractivity contribution in [1.29, 1.82) is 0 Å². The molecule has 0 radical (unpaired) electrons. The van der Waals surface area contributed by atoms with Gasteiger partial charge in [-0.15, -0.1) is 0 Å². The molecule has 164 valence electrons. The van der Waals surface area contributed by atoms with Crippen LogP contribution in [0.2, 0.25) is 0 Å². The largest absolute Gasteiger partial charge is 0.481 e. The summed E-state index contributed by atoms with van der Waals surface area (Å²) in [6, 6.07) is 13.5. The first-order valence-electron chi connectivity index (χ1n) is 10.4. The highest BCUT2D eigenvalue weighted by molar-refractivity contribution is 7.92. The lowest BCUT2D eigenvalue weighted by molar-refractivity contribution is -0.127. The molecule has 6 nitrogen and oxygen atoms in total. The van der Waals surface area contributed by atoms with Crippen LogP contribution in [0.3, 0.4) is 0 Å². The first-order valence-corrected chi connectivity index (χ1v) is 11.9. The quantitative estimate of drug-likeness (QED) is 0.552. The number of aryl methyl sites for hydroxylation is 1. The molecule has 1 amide bonds. The summed E-state index contributed by atoms with van der Waals surface area (Å²) in [6.07, 6.45) is 2.54. The van der Waals surface area contributed by atoms with Crippen molar-refractivity contribution in [1.82, 2.24) is 5.32 Å². The molecule has 2 rings (SSSR count). The van der Waals surface area contributed by atoms with Gasteiger partial charge in [-0.05, 0) is 67.6 Å². The molecule has 2 aromatic carbocycles. The van der Waals surface area contributed by atoms with Gasteiger partial charge in [-0.2, -0.15) is 0 Å². The van der Waals surface area contributed by atoms with Crippen LogP contribution >= 0.6 is 0 Å². The predicted octanol–water partition coefficient (Wildman–Crippen LogP) is 4.37. The van der Waals surface area contributed by atoms with Gasteiger partial charge in [-0.1, -0.05) is 39.3 Å². The van der Waals surface area contributed by atoms with Crippen molar-refractivity contribution in [2.24, 2.45) is 5.92 Å². The fraction of sp³-hybridized carbons (Fsp3) is 0.435. The Bertz CT molecular complexity index is 907. The number of hydrogen-bond donors (Lipinski definition) is 2. The highest BCUT2D eigenvalue weighted by atomic mass is 32.2. The van der Waals surface area contributed by atoms with Crippen LogP contribution in [0.4, 0.5) is 5.69 Å². The molecule has 2 aromatic rings. The molecule has 0 aliphatic carbocycles. The van der Waals surface area contributed by atoms with Crippen molar-refractivity contribution in [3.63, 3.8) is 0 Å². The number of ether oxygens (including phenoxy) is 1. The molecule has 0 aliphatic heterocycles. The number of carbonyl (C=O) groups excluding carboxylic acids is 1. The van der Waals surface area contributed by atoms with Crippen molar-refractivity contribution < 1.29 is 17.9 Å². The van der Waals surface area contributed by atoms with Gasteiger partial charge in [-0.3, -0.25) is 9.52 Å². The van der Waals surface area contributed by atoms with E-state index in [0.29, 0.717) is 23.9 Å². The minimum atomic E-state index is -3.71. The summed E-state index contributed by atoms with van der Waals surface area (Å²) in [5, 5.41) is 2.81. The fourth-order valence-corrected chi connectivity index (χ4v) is 3.80. The Morgan fingerprint density at radius 3 is 2.20 bits per heavy atom. The molecular formula is C23H32N2O4S. The predicted molar refractivity (Wildman–Crippen MR) is 120 cm³/mol. The van der Waals surface area contributed by atoms with E-state index in [-0.39, 0.29) is 10.8 Å².